The minimum absolute atomic E-state index is 0.0187. The molecule has 0 saturated carbocycles. The third kappa shape index (κ3) is 6.18. The van der Waals surface area contributed by atoms with Gasteiger partial charge in [0.05, 0.1) is 18.1 Å². The largest absolute Gasteiger partial charge is 0.499 e. The van der Waals surface area contributed by atoms with Crippen LogP contribution in [0.15, 0.2) is 65.5 Å². The fourth-order valence-electron chi connectivity index (χ4n) is 2.71. The highest BCUT2D eigenvalue weighted by molar-refractivity contribution is 9.10. The van der Waals surface area contributed by atoms with E-state index in [9.17, 15) is 0 Å². The Kier molecular flexibility index (Phi) is 7.12. The Bertz CT molecular complexity index is 1070. The number of aromatic nitrogens is 4. The van der Waals surface area contributed by atoms with Crippen LogP contribution in [-0.2, 0) is 10.2 Å². The van der Waals surface area contributed by atoms with E-state index >= 15 is 0 Å². The summed E-state index contributed by atoms with van der Waals surface area (Å²) >= 11 is 3.49. The van der Waals surface area contributed by atoms with Crippen LogP contribution in [0, 0.1) is 0 Å². The van der Waals surface area contributed by atoms with Crippen LogP contribution in [0.5, 0.6) is 0 Å². The first-order chi connectivity index (χ1) is 14.8. The number of methoxy groups -OCH3 is 1. The molecule has 0 spiro atoms. The van der Waals surface area contributed by atoms with E-state index in [1.807, 2.05) is 42.5 Å². The predicted molar refractivity (Wildman–Crippen MR) is 129 cm³/mol. The smallest absolute Gasteiger partial charge is 0.225 e. The van der Waals surface area contributed by atoms with Crippen molar-refractivity contribution in [2.45, 2.75) is 26.2 Å². The summed E-state index contributed by atoms with van der Waals surface area (Å²) in [6.45, 7) is 10.9. The van der Waals surface area contributed by atoms with Gasteiger partial charge in [-0.3, -0.25) is 5.10 Å². The maximum absolute atomic E-state index is 5.49. The fourth-order valence-corrected chi connectivity index (χ4v) is 3.00. The molecule has 0 saturated heterocycles. The standard InChI is InChI=1S/C23H27BrN6O/c1-15(16-9-7-6-8-10-16)11-17(31-5)13-25-22-26-14-18(24)21(28-22)27-20-12-19(29-30-20)23(2,3)4/h6-12,14H,1,13H2,2-5H3,(H3,25,26,27,28,29,30)/b17-11-. The zero-order valence-corrected chi connectivity index (χ0v) is 19.7. The number of H-pyrrole nitrogens is 1. The van der Waals surface area contributed by atoms with E-state index in [1.165, 1.54) is 0 Å². The fraction of sp³-hybridized carbons (Fsp3) is 0.261. The van der Waals surface area contributed by atoms with Gasteiger partial charge in [-0.2, -0.15) is 10.1 Å². The van der Waals surface area contributed by atoms with Gasteiger partial charge < -0.3 is 15.4 Å². The highest BCUT2D eigenvalue weighted by Gasteiger charge is 2.17. The minimum atomic E-state index is -0.0187. The number of hydrogen-bond donors (Lipinski definition) is 3. The summed E-state index contributed by atoms with van der Waals surface area (Å²) in [6, 6.07) is 11.9. The monoisotopic (exact) mass is 482 g/mol. The lowest BCUT2D eigenvalue weighted by Crippen LogP contribution is -2.11. The van der Waals surface area contributed by atoms with Gasteiger partial charge in [-0.25, -0.2) is 4.98 Å². The molecule has 3 N–H and O–H groups in total. The number of allylic oxidation sites excluding steroid dienone is 2. The van der Waals surface area contributed by atoms with Gasteiger partial charge in [0.15, 0.2) is 11.6 Å². The molecule has 0 bridgehead atoms. The normalized spacial score (nSPS) is 11.8. The second kappa shape index (κ2) is 9.78. The Morgan fingerprint density at radius 1 is 1.26 bits per heavy atom. The second-order valence-electron chi connectivity index (χ2n) is 7.99. The quantitative estimate of drug-likeness (QED) is 0.283. The van der Waals surface area contributed by atoms with Crippen LogP contribution in [0.2, 0.25) is 0 Å². The van der Waals surface area contributed by atoms with E-state index in [4.69, 9.17) is 4.74 Å². The number of benzene rings is 1. The van der Waals surface area contributed by atoms with Crippen LogP contribution in [-0.4, -0.2) is 33.8 Å². The first-order valence-corrected chi connectivity index (χ1v) is 10.6. The maximum Gasteiger partial charge on any atom is 0.225 e. The van der Waals surface area contributed by atoms with E-state index in [2.05, 4.69) is 74.1 Å². The van der Waals surface area contributed by atoms with Crippen molar-refractivity contribution in [1.29, 1.82) is 0 Å². The van der Waals surface area contributed by atoms with Crippen LogP contribution in [0.4, 0.5) is 17.6 Å². The van der Waals surface area contributed by atoms with Crippen LogP contribution in [0.3, 0.4) is 0 Å². The summed E-state index contributed by atoms with van der Waals surface area (Å²) in [6.07, 6.45) is 3.59. The van der Waals surface area contributed by atoms with E-state index in [-0.39, 0.29) is 5.41 Å². The molecule has 162 valence electrons. The number of nitrogens with one attached hydrogen (secondary N) is 3. The molecule has 0 aliphatic heterocycles. The van der Waals surface area contributed by atoms with Crippen molar-refractivity contribution in [3.8, 4) is 0 Å². The Hall–Kier alpha value is -3.13. The molecule has 7 nitrogen and oxygen atoms in total. The van der Waals surface area contributed by atoms with E-state index in [0.717, 1.165) is 27.1 Å². The first kappa shape index (κ1) is 22.6. The van der Waals surface area contributed by atoms with Gasteiger partial charge in [-0.1, -0.05) is 57.7 Å². The van der Waals surface area contributed by atoms with Gasteiger partial charge >= 0.3 is 0 Å². The molecule has 0 amide bonds. The van der Waals surface area contributed by atoms with Crippen LogP contribution < -0.4 is 10.6 Å². The summed E-state index contributed by atoms with van der Waals surface area (Å²) in [5.41, 5.74) is 2.92. The SMILES string of the molecule is C=C(/C=C(/CNc1ncc(Br)c(Nc2cc(C(C)(C)C)[nH]n2)n1)OC)c1ccccc1. The van der Waals surface area contributed by atoms with Gasteiger partial charge in [0, 0.05) is 23.4 Å². The average molecular weight is 483 g/mol. The van der Waals surface area contributed by atoms with Crippen molar-refractivity contribution >= 4 is 39.1 Å². The van der Waals surface area contributed by atoms with Gasteiger partial charge in [0.25, 0.3) is 0 Å². The number of halogens is 1. The molecule has 0 radical (unpaired) electrons. The van der Waals surface area contributed by atoms with Gasteiger partial charge in [-0.05, 0) is 33.1 Å². The lowest BCUT2D eigenvalue weighted by molar-refractivity contribution is 0.290. The number of ether oxygens (including phenoxy) is 1. The molecule has 0 aliphatic carbocycles. The van der Waals surface area contributed by atoms with Gasteiger partial charge in [-0.15, -0.1) is 0 Å². The Morgan fingerprint density at radius 3 is 2.65 bits per heavy atom. The zero-order valence-electron chi connectivity index (χ0n) is 18.2. The summed E-state index contributed by atoms with van der Waals surface area (Å²) < 4.78 is 6.23. The maximum atomic E-state index is 5.49. The molecule has 2 aromatic heterocycles. The lowest BCUT2D eigenvalue weighted by Gasteiger charge is -2.14. The summed E-state index contributed by atoms with van der Waals surface area (Å²) in [7, 11) is 1.63. The second-order valence-corrected chi connectivity index (χ2v) is 8.85. The average Bonchev–Trinajstić information content (AvgIpc) is 3.23. The molecule has 2 heterocycles. The van der Waals surface area contributed by atoms with Crippen molar-refractivity contribution in [2.75, 3.05) is 24.3 Å². The molecule has 1 aromatic carbocycles. The molecule has 0 aliphatic rings. The topological polar surface area (TPSA) is 87.8 Å². The first-order valence-electron chi connectivity index (χ1n) is 9.84. The molecular weight excluding hydrogens is 456 g/mol. The molecule has 3 aromatic rings. The van der Waals surface area contributed by atoms with Crippen LogP contribution in [0.1, 0.15) is 32.0 Å². The molecule has 0 atom stereocenters. The van der Waals surface area contributed by atoms with E-state index < -0.39 is 0 Å². The number of aromatic amines is 1. The number of rotatable bonds is 8. The zero-order chi connectivity index (χ0) is 22.4. The number of hydrogen-bond acceptors (Lipinski definition) is 6. The van der Waals surface area contributed by atoms with Crippen molar-refractivity contribution in [3.63, 3.8) is 0 Å². The van der Waals surface area contributed by atoms with Crippen molar-refractivity contribution < 1.29 is 4.74 Å². The third-order valence-corrected chi connectivity index (χ3v) is 5.12. The summed E-state index contributed by atoms with van der Waals surface area (Å²) in [4.78, 5) is 8.87. The van der Waals surface area contributed by atoms with E-state index in [1.54, 1.807) is 13.3 Å². The minimum Gasteiger partial charge on any atom is -0.499 e. The highest BCUT2D eigenvalue weighted by Crippen LogP contribution is 2.26. The molecular formula is C23H27BrN6O. The Labute approximate surface area is 191 Å². The third-order valence-electron chi connectivity index (χ3n) is 4.54. The van der Waals surface area contributed by atoms with Crippen molar-refractivity contribution in [3.05, 3.63) is 76.7 Å². The van der Waals surface area contributed by atoms with Crippen LogP contribution >= 0.6 is 15.9 Å². The van der Waals surface area contributed by atoms with Crippen molar-refractivity contribution in [2.24, 2.45) is 0 Å². The molecule has 0 unspecified atom stereocenters. The molecule has 8 heteroatoms. The lowest BCUT2D eigenvalue weighted by atomic mass is 9.92. The van der Waals surface area contributed by atoms with Gasteiger partial charge in [0.2, 0.25) is 5.95 Å². The number of nitrogens with zero attached hydrogens (tertiary/aromatic N) is 3. The molecule has 3 rings (SSSR count). The van der Waals surface area contributed by atoms with Gasteiger partial charge in [0.1, 0.15) is 5.76 Å². The molecule has 31 heavy (non-hydrogen) atoms. The summed E-state index contributed by atoms with van der Waals surface area (Å²) in [5.74, 6) is 2.48. The Morgan fingerprint density at radius 2 is 2.00 bits per heavy atom. The van der Waals surface area contributed by atoms with E-state index in [0.29, 0.717) is 24.1 Å². The highest BCUT2D eigenvalue weighted by atomic mass is 79.9. The predicted octanol–water partition coefficient (Wildman–Crippen LogP) is 5.66. The molecule has 0 fully saturated rings. The Balaban J connectivity index is 1.69. The number of anilines is 3. The summed E-state index contributed by atoms with van der Waals surface area (Å²) in [5, 5.41) is 13.8. The van der Waals surface area contributed by atoms with Crippen LogP contribution in [0.25, 0.3) is 5.57 Å². The van der Waals surface area contributed by atoms with Crippen molar-refractivity contribution in [1.82, 2.24) is 20.2 Å².